The average molecular weight is 302 g/mol. The van der Waals surface area contributed by atoms with Gasteiger partial charge in [0.2, 0.25) is 0 Å². The first-order chi connectivity index (χ1) is 8.96. The fourth-order valence-electron chi connectivity index (χ4n) is 2.17. The third-order valence-corrected chi connectivity index (χ3v) is 6.03. The van der Waals surface area contributed by atoms with Crippen LogP contribution >= 0.6 is 11.8 Å². The zero-order chi connectivity index (χ0) is 13.9. The number of hydrogen-bond acceptors (Lipinski definition) is 4. The van der Waals surface area contributed by atoms with E-state index in [1.165, 1.54) is 10.5 Å². The Morgan fingerprint density at radius 3 is 2.58 bits per heavy atom. The molecule has 1 aliphatic rings. The number of rotatable bonds is 5. The molecule has 6 heteroatoms. The molecule has 106 valence electrons. The largest absolute Gasteiger partial charge is 0.386 e. The summed E-state index contributed by atoms with van der Waals surface area (Å²) in [6.07, 6.45) is -0.714. The molecule has 0 unspecified atom stereocenters. The minimum absolute atomic E-state index is 0.0841. The maximum absolute atomic E-state index is 11.4. The van der Waals surface area contributed by atoms with E-state index in [-0.39, 0.29) is 17.5 Å². The highest BCUT2D eigenvalue weighted by atomic mass is 32.2. The van der Waals surface area contributed by atoms with E-state index >= 15 is 0 Å². The van der Waals surface area contributed by atoms with Gasteiger partial charge in [0.05, 0.1) is 12.3 Å². The predicted octanol–water partition coefficient (Wildman–Crippen LogP) is -0.192. The van der Waals surface area contributed by atoms with Crippen molar-refractivity contribution in [1.29, 1.82) is 0 Å². The Morgan fingerprint density at radius 2 is 2.00 bits per heavy atom. The molecule has 3 N–H and O–H groups in total. The molecule has 0 aliphatic carbocycles. The van der Waals surface area contributed by atoms with E-state index < -0.39 is 15.9 Å². The van der Waals surface area contributed by atoms with Gasteiger partial charge in [-0.1, -0.05) is 17.7 Å². The van der Waals surface area contributed by atoms with E-state index in [0.717, 1.165) is 12.3 Å². The molecule has 2 atom stereocenters. The highest BCUT2D eigenvalue weighted by Crippen LogP contribution is 2.17. The molecule has 0 radical (unpaired) electrons. The first-order valence-electron chi connectivity index (χ1n) is 6.37. The van der Waals surface area contributed by atoms with Gasteiger partial charge in [-0.15, -0.1) is 11.8 Å². The molecular weight excluding hydrogens is 282 g/mol. The van der Waals surface area contributed by atoms with Crippen molar-refractivity contribution >= 4 is 21.6 Å². The molecule has 1 aromatic rings. The summed E-state index contributed by atoms with van der Waals surface area (Å²) in [6.45, 7) is 2.87. The Labute approximate surface area is 118 Å². The summed E-state index contributed by atoms with van der Waals surface area (Å²) >= 11 is 1.75. The number of aliphatic hydroxyl groups excluding tert-OH is 1. The van der Waals surface area contributed by atoms with Gasteiger partial charge in [-0.05, 0) is 19.1 Å². The highest BCUT2D eigenvalue weighted by Gasteiger charge is 2.38. The molecule has 1 aliphatic heterocycles. The van der Waals surface area contributed by atoms with Gasteiger partial charge >= 0.3 is 0 Å². The van der Waals surface area contributed by atoms with Crippen LogP contribution in [0.25, 0.3) is 0 Å². The van der Waals surface area contributed by atoms with Crippen molar-refractivity contribution in [3.8, 4) is 0 Å². The van der Waals surface area contributed by atoms with Gasteiger partial charge in [-0.2, -0.15) is 0 Å². The van der Waals surface area contributed by atoms with E-state index in [1.807, 2.05) is 5.32 Å². The number of benzene rings is 1. The number of hydrogen-bond donors (Lipinski definition) is 2. The maximum Gasteiger partial charge on any atom is 0.159 e. The van der Waals surface area contributed by atoms with Crippen molar-refractivity contribution in [2.45, 2.75) is 24.0 Å². The van der Waals surface area contributed by atoms with Crippen LogP contribution in [0.3, 0.4) is 0 Å². The number of thioether (sulfide) groups is 1. The standard InChI is InChI=1S/C13H19NO3S2/c1-10-2-4-11(5-3-10)18-7-6-14-12-8-19(16,17)9-13(12)15/h2-5,12-15H,6-9H2,1H3/p+1/t12-,13-/m0/s1. The summed E-state index contributed by atoms with van der Waals surface area (Å²) in [5.41, 5.74) is 1.25. The second-order valence-corrected chi connectivity index (χ2v) is 8.32. The lowest BCUT2D eigenvalue weighted by molar-refractivity contribution is -0.686. The van der Waals surface area contributed by atoms with Crippen LogP contribution in [-0.4, -0.2) is 49.5 Å². The maximum atomic E-state index is 11.4. The van der Waals surface area contributed by atoms with E-state index in [1.54, 1.807) is 11.8 Å². The molecule has 19 heavy (non-hydrogen) atoms. The van der Waals surface area contributed by atoms with Gasteiger partial charge in [0, 0.05) is 10.6 Å². The first-order valence-corrected chi connectivity index (χ1v) is 9.18. The lowest BCUT2D eigenvalue weighted by atomic mass is 10.2. The van der Waals surface area contributed by atoms with Gasteiger partial charge in [0.15, 0.2) is 9.84 Å². The molecule has 1 fully saturated rings. The topological polar surface area (TPSA) is 71.0 Å². The highest BCUT2D eigenvalue weighted by molar-refractivity contribution is 7.99. The van der Waals surface area contributed by atoms with Gasteiger partial charge < -0.3 is 10.4 Å². The predicted molar refractivity (Wildman–Crippen MR) is 77.1 cm³/mol. The molecule has 0 saturated carbocycles. The minimum atomic E-state index is -3.03. The number of aliphatic hydroxyl groups is 1. The van der Waals surface area contributed by atoms with Gasteiger partial charge in [-0.3, -0.25) is 0 Å². The number of sulfone groups is 1. The Hall–Kier alpha value is -0.560. The van der Waals surface area contributed by atoms with Crippen molar-refractivity contribution in [3.63, 3.8) is 0 Å². The molecule has 1 aromatic carbocycles. The molecule has 0 bridgehead atoms. The van der Waals surface area contributed by atoms with Crippen LogP contribution in [0.5, 0.6) is 0 Å². The van der Waals surface area contributed by atoms with Crippen LogP contribution in [0.2, 0.25) is 0 Å². The summed E-state index contributed by atoms with van der Waals surface area (Å²) in [6, 6.07) is 8.16. The molecular formula is C13H20NO3S2+. The third kappa shape index (κ3) is 4.49. The molecule has 2 rings (SSSR count). The van der Waals surface area contributed by atoms with E-state index in [0.29, 0.717) is 0 Å². The van der Waals surface area contributed by atoms with E-state index in [4.69, 9.17) is 0 Å². The van der Waals surface area contributed by atoms with Crippen LogP contribution in [0, 0.1) is 6.92 Å². The molecule has 1 heterocycles. The monoisotopic (exact) mass is 302 g/mol. The van der Waals surface area contributed by atoms with Crippen LogP contribution in [0.1, 0.15) is 5.56 Å². The van der Waals surface area contributed by atoms with Crippen LogP contribution in [0.4, 0.5) is 0 Å². The number of aryl methyl sites for hydroxylation is 1. The summed E-state index contributed by atoms with van der Waals surface area (Å²) in [7, 11) is -3.03. The second-order valence-electron chi connectivity index (χ2n) is 4.99. The lowest BCUT2D eigenvalue weighted by Crippen LogP contribution is -2.93. The third-order valence-electron chi connectivity index (χ3n) is 3.24. The van der Waals surface area contributed by atoms with Gasteiger partial charge in [0.25, 0.3) is 0 Å². The van der Waals surface area contributed by atoms with Crippen LogP contribution < -0.4 is 5.32 Å². The number of nitrogens with two attached hydrogens (primary N) is 1. The van der Waals surface area contributed by atoms with Crippen molar-refractivity contribution in [3.05, 3.63) is 29.8 Å². The van der Waals surface area contributed by atoms with E-state index in [9.17, 15) is 13.5 Å². The summed E-state index contributed by atoms with van der Waals surface area (Å²) < 4.78 is 22.7. The van der Waals surface area contributed by atoms with Crippen molar-refractivity contribution < 1.29 is 18.8 Å². The first kappa shape index (κ1) is 14.8. The lowest BCUT2D eigenvalue weighted by Gasteiger charge is -2.11. The summed E-state index contributed by atoms with van der Waals surface area (Å²) in [4.78, 5) is 1.22. The van der Waals surface area contributed by atoms with Gasteiger partial charge in [-0.25, -0.2) is 8.42 Å². The molecule has 0 spiro atoms. The Balaban J connectivity index is 1.71. The SMILES string of the molecule is Cc1ccc(SCC[NH2+][C@H]2CS(=O)(=O)C[C@@H]2O)cc1. The fraction of sp³-hybridized carbons (Fsp3) is 0.538. The van der Waals surface area contributed by atoms with Crippen molar-refractivity contribution in [1.82, 2.24) is 0 Å². The van der Waals surface area contributed by atoms with Crippen LogP contribution in [-0.2, 0) is 9.84 Å². The summed E-state index contributed by atoms with van der Waals surface area (Å²) in [5, 5.41) is 11.6. The zero-order valence-corrected chi connectivity index (χ0v) is 12.6. The van der Waals surface area contributed by atoms with Crippen LogP contribution in [0.15, 0.2) is 29.2 Å². The molecule has 0 aromatic heterocycles. The van der Waals surface area contributed by atoms with E-state index in [2.05, 4.69) is 31.2 Å². The quantitative estimate of drug-likeness (QED) is 0.584. The normalized spacial score (nSPS) is 25.6. The summed E-state index contributed by atoms with van der Waals surface area (Å²) in [5.74, 6) is 0.926. The molecule has 0 amide bonds. The van der Waals surface area contributed by atoms with Crippen molar-refractivity contribution in [2.75, 3.05) is 23.8 Å². The molecule has 1 saturated heterocycles. The Bertz CT molecular complexity index is 513. The Morgan fingerprint density at radius 1 is 1.32 bits per heavy atom. The Kier molecular flexibility index (Phi) is 4.89. The second kappa shape index (κ2) is 6.26. The van der Waals surface area contributed by atoms with Gasteiger partial charge in [0.1, 0.15) is 17.9 Å². The van der Waals surface area contributed by atoms with Crippen molar-refractivity contribution in [2.24, 2.45) is 0 Å². The fourth-order valence-corrected chi connectivity index (χ4v) is 4.84. The minimum Gasteiger partial charge on any atom is -0.386 e. The smallest absolute Gasteiger partial charge is 0.159 e. The molecule has 4 nitrogen and oxygen atoms in total. The zero-order valence-electron chi connectivity index (χ0n) is 11.0. The average Bonchev–Trinajstić information content (AvgIpc) is 2.60. The number of quaternary nitrogens is 1.